The molecule has 25 heavy (non-hydrogen) atoms. The summed E-state index contributed by atoms with van der Waals surface area (Å²) in [7, 11) is 2.76. The second-order valence-electron chi connectivity index (χ2n) is 5.49. The normalized spacial score (nSPS) is 14.0. The number of nitrogens with zero attached hydrogens (tertiary/aromatic N) is 2. The van der Waals surface area contributed by atoms with Crippen LogP contribution in [0, 0.1) is 0 Å². The number of benzene rings is 1. The number of carbonyl (C=O) groups is 1. The van der Waals surface area contributed by atoms with Crippen LogP contribution in [0.15, 0.2) is 36.7 Å². The first-order valence-electron chi connectivity index (χ1n) is 7.34. The number of hydrogen-bond acceptors (Lipinski definition) is 4. The number of aliphatic hydroxyl groups is 1. The van der Waals surface area contributed by atoms with Crippen LogP contribution in [0.2, 0.25) is 0 Å². The van der Waals surface area contributed by atoms with Crippen molar-refractivity contribution in [3.63, 3.8) is 0 Å². The molecule has 9 heteroatoms. The molecule has 136 valence electrons. The van der Waals surface area contributed by atoms with Gasteiger partial charge in [-0.3, -0.25) is 4.79 Å². The predicted molar refractivity (Wildman–Crippen MR) is 82.6 cm³/mol. The summed E-state index contributed by atoms with van der Waals surface area (Å²) in [5, 5.41) is 12.5. The fourth-order valence-corrected chi connectivity index (χ4v) is 2.41. The van der Waals surface area contributed by atoms with E-state index in [2.05, 4.69) is 10.3 Å². The van der Waals surface area contributed by atoms with Gasteiger partial charge in [-0.2, -0.15) is 13.2 Å². The lowest BCUT2D eigenvalue weighted by Gasteiger charge is -2.29. The van der Waals surface area contributed by atoms with E-state index < -0.39 is 29.9 Å². The number of nitrogens with one attached hydrogen (secondary N) is 1. The van der Waals surface area contributed by atoms with Gasteiger partial charge in [0.15, 0.2) is 5.82 Å². The van der Waals surface area contributed by atoms with Crippen molar-refractivity contribution in [1.82, 2.24) is 14.9 Å². The Morgan fingerprint density at radius 2 is 2.04 bits per heavy atom. The van der Waals surface area contributed by atoms with E-state index in [0.717, 1.165) is 10.8 Å². The number of amides is 1. The quantitative estimate of drug-likeness (QED) is 0.828. The Morgan fingerprint density at radius 3 is 2.60 bits per heavy atom. The Labute approximate surface area is 142 Å². The summed E-state index contributed by atoms with van der Waals surface area (Å²) in [6.45, 7) is -0.0304. The van der Waals surface area contributed by atoms with E-state index in [1.54, 1.807) is 24.3 Å². The SMILES string of the molecule is COc1ccccc1CNC(=O)C[C@](O)(c1nccn1C)C(F)(F)F. The van der Waals surface area contributed by atoms with Crippen molar-refractivity contribution in [2.24, 2.45) is 7.05 Å². The molecule has 0 unspecified atom stereocenters. The maximum atomic E-state index is 13.4. The van der Waals surface area contributed by atoms with Gasteiger partial charge in [0, 0.05) is 31.5 Å². The number of alkyl halides is 3. The van der Waals surface area contributed by atoms with Crippen molar-refractivity contribution < 1.29 is 27.8 Å². The molecule has 1 aromatic carbocycles. The van der Waals surface area contributed by atoms with E-state index in [1.807, 2.05) is 0 Å². The van der Waals surface area contributed by atoms with E-state index in [4.69, 9.17) is 4.74 Å². The third-order valence-corrected chi connectivity index (χ3v) is 3.74. The molecule has 0 aliphatic rings. The van der Waals surface area contributed by atoms with Crippen molar-refractivity contribution in [3.05, 3.63) is 48.0 Å². The number of para-hydroxylation sites is 1. The zero-order valence-corrected chi connectivity index (χ0v) is 13.7. The lowest BCUT2D eigenvalue weighted by molar-refractivity contribution is -0.271. The summed E-state index contributed by atoms with van der Waals surface area (Å²) in [6, 6.07) is 6.78. The van der Waals surface area contributed by atoms with Gasteiger partial charge in [0.1, 0.15) is 5.75 Å². The van der Waals surface area contributed by atoms with Crippen LogP contribution in [0.3, 0.4) is 0 Å². The Hall–Kier alpha value is -2.55. The lowest BCUT2D eigenvalue weighted by Crippen LogP contribution is -2.47. The Morgan fingerprint density at radius 1 is 1.36 bits per heavy atom. The van der Waals surface area contributed by atoms with E-state index >= 15 is 0 Å². The van der Waals surface area contributed by atoms with Crippen molar-refractivity contribution in [3.8, 4) is 5.75 Å². The van der Waals surface area contributed by atoms with Crippen LogP contribution in [0.5, 0.6) is 5.75 Å². The first kappa shape index (κ1) is 18.8. The molecule has 0 radical (unpaired) electrons. The molecule has 6 nitrogen and oxygen atoms in total. The van der Waals surface area contributed by atoms with Crippen LogP contribution in [0.1, 0.15) is 17.8 Å². The largest absolute Gasteiger partial charge is 0.496 e. The fourth-order valence-electron chi connectivity index (χ4n) is 2.41. The van der Waals surface area contributed by atoms with E-state index in [-0.39, 0.29) is 6.54 Å². The van der Waals surface area contributed by atoms with Crippen molar-refractivity contribution in [1.29, 1.82) is 0 Å². The third kappa shape index (κ3) is 3.93. The number of aromatic nitrogens is 2. The molecule has 0 spiro atoms. The molecule has 1 aromatic heterocycles. The van der Waals surface area contributed by atoms with Crippen LogP contribution < -0.4 is 10.1 Å². The molecular weight excluding hydrogens is 339 g/mol. The zero-order valence-electron chi connectivity index (χ0n) is 13.7. The van der Waals surface area contributed by atoms with Gasteiger partial charge < -0.3 is 19.7 Å². The van der Waals surface area contributed by atoms with Crippen LogP contribution >= 0.6 is 0 Å². The van der Waals surface area contributed by atoms with Crippen molar-refractivity contribution in [2.75, 3.05) is 7.11 Å². The van der Waals surface area contributed by atoms with Gasteiger partial charge >= 0.3 is 6.18 Å². The highest BCUT2D eigenvalue weighted by molar-refractivity contribution is 5.77. The van der Waals surface area contributed by atoms with Gasteiger partial charge in [-0.25, -0.2) is 4.98 Å². The Balaban J connectivity index is 2.15. The summed E-state index contributed by atoms with van der Waals surface area (Å²) in [4.78, 5) is 15.6. The maximum absolute atomic E-state index is 13.4. The van der Waals surface area contributed by atoms with Crippen molar-refractivity contribution >= 4 is 5.91 Å². The standard InChI is InChI=1S/C16H18F3N3O3/c1-22-8-7-20-14(22)15(24,16(17,18)19)9-13(23)21-10-11-5-3-4-6-12(11)25-2/h3-8,24H,9-10H2,1-2H3,(H,21,23)/t15-/m0/s1. The highest BCUT2D eigenvalue weighted by Crippen LogP contribution is 2.40. The number of imidazole rings is 1. The highest BCUT2D eigenvalue weighted by Gasteiger charge is 2.58. The molecule has 0 aliphatic heterocycles. The first-order valence-corrected chi connectivity index (χ1v) is 7.34. The molecule has 2 aromatic rings. The van der Waals surface area contributed by atoms with Crippen LogP contribution in [-0.2, 0) is 24.0 Å². The van der Waals surface area contributed by atoms with Crippen LogP contribution in [-0.4, -0.2) is 33.9 Å². The van der Waals surface area contributed by atoms with Crippen molar-refractivity contribution in [2.45, 2.75) is 24.7 Å². The van der Waals surface area contributed by atoms with Crippen LogP contribution in [0.4, 0.5) is 13.2 Å². The topological polar surface area (TPSA) is 76.4 Å². The molecular formula is C16H18F3N3O3. The molecule has 1 atom stereocenters. The van der Waals surface area contributed by atoms with E-state index in [0.29, 0.717) is 11.3 Å². The summed E-state index contributed by atoms with van der Waals surface area (Å²) in [5.74, 6) is -1.11. The zero-order chi connectivity index (χ0) is 18.7. The second kappa shape index (κ2) is 7.14. The summed E-state index contributed by atoms with van der Waals surface area (Å²) in [6.07, 6.45) is -3.87. The fraction of sp³-hybridized carbons (Fsp3) is 0.375. The van der Waals surface area contributed by atoms with Gasteiger partial charge in [-0.05, 0) is 6.07 Å². The van der Waals surface area contributed by atoms with Crippen LogP contribution in [0.25, 0.3) is 0 Å². The number of hydrogen-bond donors (Lipinski definition) is 2. The van der Waals surface area contributed by atoms with Gasteiger partial charge in [0.25, 0.3) is 0 Å². The lowest BCUT2D eigenvalue weighted by atomic mass is 9.97. The number of methoxy groups -OCH3 is 1. The third-order valence-electron chi connectivity index (χ3n) is 3.74. The average Bonchev–Trinajstić information content (AvgIpc) is 2.98. The Kier molecular flexibility index (Phi) is 5.36. The van der Waals surface area contributed by atoms with Gasteiger partial charge in [-0.1, -0.05) is 18.2 Å². The summed E-state index contributed by atoms with van der Waals surface area (Å²) >= 11 is 0. The molecule has 1 amide bonds. The molecule has 0 saturated carbocycles. The average molecular weight is 357 g/mol. The smallest absolute Gasteiger partial charge is 0.425 e. The second-order valence-corrected chi connectivity index (χ2v) is 5.49. The predicted octanol–water partition coefficient (Wildman–Crippen LogP) is 1.89. The summed E-state index contributed by atoms with van der Waals surface area (Å²) in [5.41, 5.74) is -2.78. The maximum Gasteiger partial charge on any atom is 0.425 e. The highest BCUT2D eigenvalue weighted by atomic mass is 19.4. The molecule has 2 N–H and O–H groups in total. The minimum absolute atomic E-state index is 0.0304. The minimum Gasteiger partial charge on any atom is -0.496 e. The van der Waals surface area contributed by atoms with Gasteiger partial charge in [0.2, 0.25) is 11.5 Å². The summed E-state index contributed by atoms with van der Waals surface area (Å²) < 4.78 is 46.3. The molecule has 0 saturated heterocycles. The molecule has 0 aliphatic carbocycles. The van der Waals surface area contributed by atoms with E-state index in [1.165, 1.54) is 20.4 Å². The number of carbonyl (C=O) groups excluding carboxylic acids is 1. The van der Waals surface area contributed by atoms with E-state index in [9.17, 15) is 23.1 Å². The van der Waals surface area contributed by atoms with Gasteiger partial charge in [-0.15, -0.1) is 0 Å². The monoisotopic (exact) mass is 357 g/mol. The molecule has 0 bridgehead atoms. The number of aryl methyl sites for hydroxylation is 1. The first-order chi connectivity index (χ1) is 11.7. The molecule has 2 rings (SSSR count). The number of rotatable bonds is 6. The number of halogens is 3. The molecule has 0 fully saturated rings. The van der Waals surface area contributed by atoms with Gasteiger partial charge in [0.05, 0.1) is 13.5 Å². The Bertz CT molecular complexity index is 745. The molecule has 1 heterocycles. The number of ether oxygens (including phenoxy) is 1. The minimum atomic E-state index is -5.06.